The van der Waals surface area contributed by atoms with Crippen LogP contribution in [0.15, 0.2) is 24.3 Å². The number of esters is 2. The van der Waals surface area contributed by atoms with Crippen molar-refractivity contribution in [2.24, 2.45) is 17.8 Å². The zero-order chi connectivity index (χ0) is 38.9. The van der Waals surface area contributed by atoms with Crippen molar-refractivity contribution in [3.63, 3.8) is 0 Å². The van der Waals surface area contributed by atoms with Crippen molar-refractivity contribution < 1.29 is 39.2 Å². The monoisotopic (exact) mass is 749 g/mol. The van der Waals surface area contributed by atoms with Gasteiger partial charge in [-0.3, -0.25) is 14.4 Å². The van der Waals surface area contributed by atoms with Gasteiger partial charge in [-0.1, -0.05) is 167 Å². The fourth-order valence-corrected chi connectivity index (χ4v) is 7.13. The summed E-state index contributed by atoms with van der Waals surface area (Å²) in [5.74, 6) is -0.558. The highest BCUT2D eigenvalue weighted by molar-refractivity contribution is 5.86. The summed E-state index contributed by atoms with van der Waals surface area (Å²) in [6.45, 7) is 6.18. The highest BCUT2D eigenvalue weighted by Crippen LogP contribution is 2.33. The van der Waals surface area contributed by atoms with E-state index in [-0.39, 0.29) is 37.1 Å². The first-order valence-electron chi connectivity index (χ1n) is 21.9. The van der Waals surface area contributed by atoms with Crippen LogP contribution >= 0.6 is 0 Å². The lowest BCUT2D eigenvalue weighted by molar-refractivity contribution is -0.161. The van der Waals surface area contributed by atoms with Crippen LogP contribution in [0.3, 0.4) is 0 Å². The molecule has 0 heterocycles. The third-order valence-electron chi connectivity index (χ3n) is 10.6. The van der Waals surface area contributed by atoms with Crippen LogP contribution in [0.25, 0.3) is 0 Å². The lowest BCUT2D eigenvalue weighted by Crippen LogP contribution is -2.28. The van der Waals surface area contributed by atoms with E-state index in [1.165, 1.54) is 89.9 Å². The number of carbonyl (C=O) groups excluding carboxylic acids is 3. The molecular weight excluding hydrogens is 668 g/mol. The Morgan fingerprint density at radius 1 is 0.755 bits per heavy atom. The molecule has 1 aliphatic carbocycles. The second-order valence-electron chi connectivity index (χ2n) is 16.0. The lowest BCUT2D eigenvalue weighted by Gasteiger charge is -2.17. The highest BCUT2D eigenvalue weighted by atomic mass is 16.6. The molecule has 0 aromatic rings. The van der Waals surface area contributed by atoms with Crippen molar-refractivity contribution in [3.8, 4) is 0 Å². The van der Waals surface area contributed by atoms with Gasteiger partial charge < -0.3 is 24.8 Å². The van der Waals surface area contributed by atoms with Gasteiger partial charge in [-0.2, -0.15) is 0 Å². The van der Waals surface area contributed by atoms with Gasteiger partial charge in [-0.15, -0.1) is 0 Å². The summed E-state index contributed by atoms with van der Waals surface area (Å²) in [5.41, 5.74) is 0. The summed E-state index contributed by atoms with van der Waals surface area (Å²) in [4.78, 5) is 36.9. The Hall–Kier alpha value is -2.03. The molecule has 8 nitrogen and oxygen atoms in total. The molecule has 0 aromatic carbocycles. The molecule has 3 N–H and O–H groups in total. The maximum Gasteiger partial charge on any atom is 0.306 e. The fourth-order valence-electron chi connectivity index (χ4n) is 7.13. The summed E-state index contributed by atoms with van der Waals surface area (Å²) < 4.78 is 10.6. The van der Waals surface area contributed by atoms with Crippen molar-refractivity contribution in [2.45, 2.75) is 212 Å². The molecule has 1 fully saturated rings. The van der Waals surface area contributed by atoms with Crippen molar-refractivity contribution >= 4 is 17.7 Å². The SMILES string of the molecule is CCCCC[C@H](O)/C=C/[C@H]1C(=O)C[C@H](O)[C@@H]1C/C=C\CCCC(=O)O[C@@H](CO)COC(=O)CCCCCCCCCCCCCCCCCCC(C)C. The predicted molar refractivity (Wildman–Crippen MR) is 215 cm³/mol. The van der Waals surface area contributed by atoms with E-state index in [1.54, 1.807) is 12.2 Å². The molecule has 0 bridgehead atoms. The number of hydrogen-bond acceptors (Lipinski definition) is 8. The quantitative estimate of drug-likeness (QED) is 0.0332. The first kappa shape index (κ1) is 49.0. The van der Waals surface area contributed by atoms with E-state index in [1.807, 2.05) is 12.2 Å². The lowest BCUT2D eigenvalue weighted by atomic mass is 9.90. The molecule has 0 amide bonds. The topological polar surface area (TPSA) is 130 Å². The summed E-state index contributed by atoms with van der Waals surface area (Å²) >= 11 is 0. The summed E-state index contributed by atoms with van der Waals surface area (Å²) in [6, 6.07) is 0. The predicted octanol–water partition coefficient (Wildman–Crippen LogP) is 10.3. The zero-order valence-corrected chi connectivity index (χ0v) is 34.2. The Morgan fingerprint density at radius 2 is 1.30 bits per heavy atom. The smallest absolute Gasteiger partial charge is 0.306 e. The summed E-state index contributed by atoms with van der Waals surface area (Å²) in [5, 5.41) is 30.2. The van der Waals surface area contributed by atoms with Crippen LogP contribution in [0.5, 0.6) is 0 Å². The minimum absolute atomic E-state index is 0.000194. The van der Waals surface area contributed by atoms with Crippen molar-refractivity contribution in [1.82, 2.24) is 0 Å². The number of Topliss-reactive ketones (excluding diaryl/α,β-unsaturated/α-hetero) is 1. The number of allylic oxidation sites excluding steroid dienone is 3. The molecule has 5 atom stereocenters. The molecule has 0 aliphatic heterocycles. The van der Waals surface area contributed by atoms with Crippen LogP contribution < -0.4 is 0 Å². The zero-order valence-electron chi connectivity index (χ0n) is 34.2. The molecular formula is C45H80O8. The first-order chi connectivity index (χ1) is 25.7. The molecule has 8 heteroatoms. The molecule has 53 heavy (non-hydrogen) atoms. The normalized spacial score (nSPS) is 18.8. The van der Waals surface area contributed by atoms with E-state index < -0.39 is 36.8 Å². The Balaban J connectivity index is 2.05. The molecule has 308 valence electrons. The molecule has 1 aliphatic rings. The van der Waals surface area contributed by atoms with Gasteiger partial charge in [0.2, 0.25) is 0 Å². The van der Waals surface area contributed by atoms with Gasteiger partial charge in [0.05, 0.1) is 18.8 Å². The maximum atomic E-state index is 12.4. The fraction of sp³-hybridized carbons (Fsp3) is 0.844. The van der Waals surface area contributed by atoms with Crippen molar-refractivity contribution in [3.05, 3.63) is 24.3 Å². The number of unbranched alkanes of at least 4 members (excludes halogenated alkanes) is 18. The Labute approximate surface area is 324 Å². The van der Waals surface area contributed by atoms with Crippen LogP contribution in [0, 0.1) is 17.8 Å². The number of aliphatic hydroxyl groups is 3. The Kier molecular flexibility index (Phi) is 30.8. The number of ether oxygens (including phenoxy) is 2. The van der Waals surface area contributed by atoms with Crippen LogP contribution in [-0.2, 0) is 23.9 Å². The van der Waals surface area contributed by atoms with Gasteiger partial charge in [0.25, 0.3) is 0 Å². The van der Waals surface area contributed by atoms with Crippen molar-refractivity contribution in [1.29, 1.82) is 0 Å². The first-order valence-corrected chi connectivity index (χ1v) is 21.9. The minimum Gasteiger partial charge on any atom is -0.462 e. The second kappa shape index (κ2) is 33.3. The number of rotatable bonds is 35. The van der Waals surface area contributed by atoms with Crippen LogP contribution in [0.1, 0.15) is 194 Å². The molecule has 0 saturated heterocycles. The molecule has 0 aromatic heterocycles. The molecule has 0 unspecified atom stereocenters. The largest absolute Gasteiger partial charge is 0.462 e. The highest BCUT2D eigenvalue weighted by Gasteiger charge is 2.39. The van der Waals surface area contributed by atoms with Gasteiger partial charge >= 0.3 is 11.9 Å². The van der Waals surface area contributed by atoms with Gasteiger partial charge in [-0.05, 0) is 38.0 Å². The average Bonchev–Trinajstić information content (AvgIpc) is 3.40. The maximum absolute atomic E-state index is 12.4. The van der Waals surface area contributed by atoms with E-state index >= 15 is 0 Å². The van der Waals surface area contributed by atoms with Gasteiger partial charge in [-0.25, -0.2) is 0 Å². The minimum atomic E-state index is -0.872. The second-order valence-corrected chi connectivity index (χ2v) is 16.0. The van der Waals surface area contributed by atoms with E-state index in [2.05, 4.69) is 20.8 Å². The van der Waals surface area contributed by atoms with Gasteiger partial charge in [0, 0.05) is 31.1 Å². The van der Waals surface area contributed by atoms with E-state index in [0.29, 0.717) is 32.1 Å². The van der Waals surface area contributed by atoms with Crippen LogP contribution in [0.4, 0.5) is 0 Å². The van der Waals surface area contributed by atoms with E-state index in [9.17, 15) is 29.7 Å². The van der Waals surface area contributed by atoms with Crippen LogP contribution in [0.2, 0.25) is 0 Å². The number of carbonyl (C=O) groups is 3. The summed E-state index contributed by atoms with van der Waals surface area (Å²) in [7, 11) is 0. The number of hydrogen-bond donors (Lipinski definition) is 3. The Morgan fingerprint density at radius 3 is 1.87 bits per heavy atom. The average molecular weight is 749 g/mol. The van der Waals surface area contributed by atoms with E-state index in [0.717, 1.165) is 44.4 Å². The third kappa shape index (κ3) is 27.2. The van der Waals surface area contributed by atoms with Gasteiger partial charge in [0.1, 0.15) is 12.4 Å². The molecule has 1 rings (SSSR count). The Bertz CT molecular complexity index is 976. The third-order valence-corrected chi connectivity index (χ3v) is 10.6. The van der Waals surface area contributed by atoms with Crippen molar-refractivity contribution in [2.75, 3.05) is 13.2 Å². The number of aliphatic hydroxyl groups excluding tert-OH is 3. The van der Waals surface area contributed by atoms with E-state index in [4.69, 9.17) is 9.47 Å². The molecule has 0 radical (unpaired) electrons. The van der Waals surface area contributed by atoms with Crippen LogP contribution in [-0.4, -0.2) is 64.6 Å². The standard InChI is InChI=1S/C45H80O8/c1-4-5-22-28-38(47)32-33-41-40(42(48)34-43(41)49)29-24-20-21-26-31-45(51)53-39(35-46)36-52-44(50)30-25-19-17-15-13-11-9-7-6-8-10-12-14-16-18-23-27-37(2)3/h20,24,32-33,37-42,46-48H,4-19,21-23,25-31,34-36H2,1-3H3/b24-20-,33-32+/t38-,39-,40+,41+,42-/m0/s1. The molecule has 1 saturated carbocycles. The number of ketones is 1. The molecule has 0 spiro atoms. The summed E-state index contributed by atoms with van der Waals surface area (Å²) in [6.07, 6.45) is 33.2. The van der Waals surface area contributed by atoms with Gasteiger partial charge in [0.15, 0.2) is 6.10 Å².